The second-order valence-electron chi connectivity index (χ2n) is 3.76. The predicted octanol–water partition coefficient (Wildman–Crippen LogP) is 2.93. The highest BCUT2D eigenvalue weighted by atomic mass is 35.5. The van der Waals surface area contributed by atoms with Gasteiger partial charge in [-0.25, -0.2) is 4.39 Å². The van der Waals surface area contributed by atoms with Crippen LogP contribution in [0.25, 0.3) is 0 Å². The van der Waals surface area contributed by atoms with Gasteiger partial charge in [0.1, 0.15) is 11.6 Å². The van der Waals surface area contributed by atoms with Crippen LogP contribution in [0.1, 0.15) is 24.5 Å². The van der Waals surface area contributed by atoms with Crippen LogP contribution in [0.5, 0.6) is 5.75 Å². The molecule has 1 fully saturated rings. The lowest BCUT2D eigenvalue weighted by atomic mass is 10.0. The van der Waals surface area contributed by atoms with Crippen molar-refractivity contribution < 1.29 is 14.2 Å². The van der Waals surface area contributed by atoms with Crippen LogP contribution >= 0.6 is 11.6 Å². The highest BCUT2D eigenvalue weighted by Crippen LogP contribution is 2.46. The van der Waals surface area contributed by atoms with Gasteiger partial charge in [0.05, 0.1) is 23.8 Å². The van der Waals surface area contributed by atoms with Gasteiger partial charge in [0.25, 0.3) is 0 Å². The summed E-state index contributed by atoms with van der Waals surface area (Å²) in [6, 6.07) is 2.69. The number of ether oxygens (including phenoxy) is 1. The fourth-order valence-corrected chi connectivity index (χ4v) is 1.92. The van der Waals surface area contributed by atoms with Gasteiger partial charge in [0.2, 0.25) is 0 Å². The van der Waals surface area contributed by atoms with Crippen molar-refractivity contribution in [3.63, 3.8) is 0 Å². The molecule has 1 saturated carbocycles. The number of hydrogen-bond donors (Lipinski definition) is 1. The third-order valence-electron chi connectivity index (χ3n) is 2.66. The Hall–Kier alpha value is -0.800. The molecule has 1 aliphatic carbocycles. The third-order valence-corrected chi connectivity index (χ3v) is 2.96. The zero-order valence-corrected chi connectivity index (χ0v) is 9.09. The maximum Gasteiger partial charge on any atom is 0.146 e. The minimum atomic E-state index is -0.807. The van der Waals surface area contributed by atoms with E-state index in [0.717, 1.165) is 12.8 Å². The molecule has 0 aromatic heterocycles. The Balaban J connectivity index is 2.46. The summed E-state index contributed by atoms with van der Waals surface area (Å²) in [5, 5.41) is 10.2. The van der Waals surface area contributed by atoms with E-state index in [4.69, 9.17) is 16.3 Å². The normalized spacial score (nSPS) is 17.6. The molecular weight excluding hydrogens is 219 g/mol. The molecule has 4 heteroatoms. The molecule has 0 saturated heterocycles. The Labute approximate surface area is 92.6 Å². The van der Waals surface area contributed by atoms with E-state index in [1.54, 1.807) is 0 Å². The summed E-state index contributed by atoms with van der Waals surface area (Å²) in [5.41, 5.74) is 0.188. The van der Waals surface area contributed by atoms with Crippen LogP contribution in [0.15, 0.2) is 12.1 Å². The first-order chi connectivity index (χ1) is 7.15. The van der Waals surface area contributed by atoms with Gasteiger partial charge < -0.3 is 9.84 Å². The average Bonchev–Trinajstić information content (AvgIpc) is 3.03. The van der Waals surface area contributed by atoms with Crippen LogP contribution < -0.4 is 4.74 Å². The van der Waals surface area contributed by atoms with E-state index in [1.807, 2.05) is 0 Å². The maximum atomic E-state index is 13.6. The molecule has 1 aliphatic rings. The van der Waals surface area contributed by atoms with Crippen molar-refractivity contribution in [2.24, 2.45) is 5.92 Å². The van der Waals surface area contributed by atoms with E-state index in [-0.39, 0.29) is 17.2 Å². The molecule has 82 valence electrons. The Bertz CT molecular complexity index is 377. The molecule has 1 unspecified atom stereocenters. The molecule has 0 aliphatic heterocycles. The molecule has 0 radical (unpaired) electrons. The van der Waals surface area contributed by atoms with Crippen molar-refractivity contribution in [1.29, 1.82) is 0 Å². The third kappa shape index (κ3) is 1.94. The SMILES string of the molecule is COc1c(Cl)ccc(F)c1C(O)C1CC1. The molecule has 0 heterocycles. The molecule has 1 aromatic carbocycles. The summed E-state index contributed by atoms with van der Waals surface area (Å²) in [6.45, 7) is 0. The number of benzene rings is 1. The summed E-state index contributed by atoms with van der Waals surface area (Å²) < 4.78 is 18.6. The highest BCUT2D eigenvalue weighted by molar-refractivity contribution is 6.32. The molecule has 15 heavy (non-hydrogen) atoms. The highest BCUT2D eigenvalue weighted by Gasteiger charge is 2.34. The monoisotopic (exact) mass is 230 g/mol. The van der Waals surface area contributed by atoms with Gasteiger partial charge >= 0.3 is 0 Å². The van der Waals surface area contributed by atoms with E-state index in [2.05, 4.69) is 0 Å². The number of halogens is 2. The Morgan fingerprint density at radius 1 is 1.53 bits per heavy atom. The molecule has 1 aromatic rings. The van der Waals surface area contributed by atoms with Gasteiger partial charge in [-0.15, -0.1) is 0 Å². The lowest BCUT2D eigenvalue weighted by Gasteiger charge is -2.16. The first kappa shape index (κ1) is 10.7. The summed E-state index contributed by atoms with van der Waals surface area (Å²) in [6.07, 6.45) is 1.05. The van der Waals surface area contributed by atoms with Crippen LogP contribution in [0.2, 0.25) is 5.02 Å². The molecule has 0 spiro atoms. The van der Waals surface area contributed by atoms with Gasteiger partial charge in [-0.05, 0) is 30.9 Å². The largest absolute Gasteiger partial charge is 0.495 e. The molecule has 2 nitrogen and oxygen atoms in total. The van der Waals surface area contributed by atoms with Gasteiger partial charge in [-0.3, -0.25) is 0 Å². The minimum absolute atomic E-state index is 0.145. The Morgan fingerprint density at radius 3 is 2.73 bits per heavy atom. The summed E-state index contributed by atoms with van der Waals surface area (Å²) in [4.78, 5) is 0. The van der Waals surface area contributed by atoms with E-state index < -0.39 is 11.9 Å². The van der Waals surface area contributed by atoms with Gasteiger partial charge in [0.15, 0.2) is 0 Å². The minimum Gasteiger partial charge on any atom is -0.495 e. The van der Waals surface area contributed by atoms with Crippen molar-refractivity contribution in [2.45, 2.75) is 18.9 Å². The molecule has 0 amide bonds. The summed E-state index contributed by atoms with van der Waals surface area (Å²) in [5.74, 6) is -0.0708. The van der Waals surface area contributed by atoms with E-state index in [0.29, 0.717) is 5.02 Å². The smallest absolute Gasteiger partial charge is 0.146 e. The van der Waals surface area contributed by atoms with E-state index in [1.165, 1.54) is 19.2 Å². The average molecular weight is 231 g/mol. The Kier molecular flexibility index (Phi) is 2.85. The molecular formula is C11H12ClFO2. The van der Waals surface area contributed by atoms with Crippen molar-refractivity contribution in [3.8, 4) is 5.75 Å². The van der Waals surface area contributed by atoms with Gasteiger partial charge in [0, 0.05) is 0 Å². The van der Waals surface area contributed by atoms with Crippen LogP contribution in [0, 0.1) is 11.7 Å². The van der Waals surface area contributed by atoms with Crippen LogP contribution in [0.4, 0.5) is 4.39 Å². The first-order valence-electron chi connectivity index (χ1n) is 4.85. The lowest BCUT2D eigenvalue weighted by Crippen LogP contribution is -2.06. The summed E-state index contributed by atoms with van der Waals surface area (Å²) in [7, 11) is 1.42. The molecule has 0 bridgehead atoms. The van der Waals surface area contributed by atoms with Crippen LogP contribution in [-0.2, 0) is 0 Å². The van der Waals surface area contributed by atoms with Gasteiger partial charge in [-0.1, -0.05) is 11.6 Å². The van der Waals surface area contributed by atoms with Crippen LogP contribution in [-0.4, -0.2) is 12.2 Å². The number of hydrogen-bond acceptors (Lipinski definition) is 2. The standard InChI is InChI=1S/C11H12ClFO2/c1-15-11-7(12)4-5-8(13)9(11)10(14)6-2-3-6/h4-6,10,14H,2-3H2,1H3. The maximum absolute atomic E-state index is 13.6. The predicted molar refractivity (Wildman–Crippen MR) is 55.6 cm³/mol. The quantitative estimate of drug-likeness (QED) is 0.865. The fourth-order valence-electron chi connectivity index (χ4n) is 1.68. The second kappa shape index (κ2) is 3.99. The lowest BCUT2D eigenvalue weighted by molar-refractivity contribution is 0.145. The zero-order valence-electron chi connectivity index (χ0n) is 8.34. The zero-order chi connectivity index (χ0) is 11.0. The summed E-state index contributed by atoms with van der Waals surface area (Å²) >= 11 is 5.87. The van der Waals surface area contributed by atoms with Crippen molar-refractivity contribution in [3.05, 3.63) is 28.5 Å². The van der Waals surface area contributed by atoms with Crippen molar-refractivity contribution in [2.75, 3.05) is 7.11 Å². The van der Waals surface area contributed by atoms with Gasteiger partial charge in [-0.2, -0.15) is 0 Å². The molecule has 1 N–H and O–H groups in total. The van der Waals surface area contributed by atoms with E-state index >= 15 is 0 Å². The number of rotatable bonds is 3. The Morgan fingerprint density at radius 2 is 2.20 bits per heavy atom. The number of aliphatic hydroxyl groups is 1. The van der Waals surface area contributed by atoms with E-state index in [9.17, 15) is 9.50 Å². The topological polar surface area (TPSA) is 29.5 Å². The van der Waals surface area contributed by atoms with Crippen molar-refractivity contribution >= 4 is 11.6 Å². The number of aliphatic hydroxyl groups excluding tert-OH is 1. The van der Waals surface area contributed by atoms with Crippen molar-refractivity contribution in [1.82, 2.24) is 0 Å². The first-order valence-corrected chi connectivity index (χ1v) is 5.23. The second-order valence-corrected chi connectivity index (χ2v) is 4.17. The number of methoxy groups -OCH3 is 1. The fraction of sp³-hybridized carbons (Fsp3) is 0.455. The molecule has 2 rings (SSSR count). The molecule has 1 atom stereocenters. The van der Waals surface area contributed by atoms with Crippen LogP contribution in [0.3, 0.4) is 0 Å².